The molecule has 120 valence electrons. The number of ether oxygens (including phenoxy) is 2. The van der Waals surface area contributed by atoms with Crippen LogP contribution < -0.4 is 20.6 Å². The van der Waals surface area contributed by atoms with E-state index in [9.17, 15) is 0 Å². The third-order valence-corrected chi connectivity index (χ3v) is 3.26. The Kier molecular flexibility index (Phi) is 5.94. The van der Waals surface area contributed by atoms with E-state index in [0.717, 1.165) is 16.7 Å². The van der Waals surface area contributed by atoms with E-state index in [1.807, 2.05) is 49.4 Å². The molecule has 0 fully saturated rings. The molecular formula is C17H19N3O2S. The van der Waals surface area contributed by atoms with E-state index in [1.54, 1.807) is 13.3 Å². The minimum absolute atomic E-state index is 0.118. The summed E-state index contributed by atoms with van der Waals surface area (Å²) in [5.41, 5.74) is 10.9. The minimum Gasteiger partial charge on any atom is -0.493 e. The Morgan fingerprint density at radius 2 is 2.00 bits per heavy atom. The molecule has 0 saturated carbocycles. The second kappa shape index (κ2) is 8.14. The molecule has 0 aliphatic carbocycles. The van der Waals surface area contributed by atoms with Gasteiger partial charge in [-0.25, -0.2) is 0 Å². The van der Waals surface area contributed by atoms with Crippen molar-refractivity contribution < 1.29 is 9.47 Å². The summed E-state index contributed by atoms with van der Waals surface area (Å²) in [6.07, 6.45) is 1.64. The molecule has 0 saturated heterocycles. The van der Waals surface area contributed by atoms with Gasteiger partial charge in [0.15, 0.2) is 16.6 Å². The monoisotopic (exact) mass is 329 g/mol. The van der Waals surface area contributed by atoms with E-state index in [-0.39, 0.29) is 5.11 Å². The highest BCUT2D eigenvalue weighted by molar-refractivity contribution is 7.80. The first-order valence-electron chi connectivity index (χ1n) is 7.04. The molecule has 0 aromatic heterocycles. The summed E-state index contributed by atoms with van der Waals surface area (Å²) in [5.74, 6) is 1.33. The zero-order valence-electron chi connectivity index (χ0n) is 13.1. The van der Waals surface area contributed by atoms with Crippen LogP contribution in [0.1, 0.15) is 16.7 Å². The van der Waals surface area contributed by atoms with Gasteiger partial charge in [-0.15, -0.1) is 0 Å². The first-order valence-corrected chi connectivity index (χ1v) is 7.45. The van der Waals surface area contributed by atoms with Crippen LogP contribution in [0.25, 0.3) is 0 Å². The first-order chi connectivity index (χ1) is 11.1. The Morgan fingerprint density at radius 1 is 1.26 bits per heavy atom. The van der Waals surface area contributed by atoms with Gasteiger partial charge in [-0.2, -0.15) is 5.10 Å². The average molecular weight is 329 g/mol. The molecule has 23 heavy (non-hydrogen) atoms. The van der Waals surface area contributed by atoms with Gasteiger partial charge in [0, 0.05) is 5.56 Å². The van der Waals surface area contributed by atoms with Gasteiger partial charge in [0.1, 0.15) is 6.61 Å². The lowest BCUT2D eigenvalue weighted by Crippen LogP contribution is -2.24. The van der Waals surface area contributed by atoms with Crippen LogP contribution in [-0.2, 0) is 6.61 Å². The fourth-order valence-electron chi connectivity index (χ4n) is 1.99. The Bertz CT molecular complexity index is 702. The lowest BCUT2D eigenvalue weighted by Gasteiger charge is -2.13. The van der Waals surface area contributed by atoms with Crippen LogP contribution in [0.15, 0.2) is 47.6 Å². The Hall–Kier alpha value is -2.60. The fraction of sp³-hybridized carbons (Fsp3) is 0.176. The third-order valence-electron chi connectivity index (χ3n) is 3.17. The molecule has 2 rings (SSSR count). The van der Waals surface area contributed by atoms with Crippen LogP contribution in [-0.4, -0.2) is 18.4 Å². The van der Waals surface area contributed by atoms with Gasteiger partial charge in [0.2, 0.25) is 0 Å². The normalized spacial score (nSPS) is 10.5. The minimum atomic E-state index is 0.118. The highest BCUT2D eigenvalue weighted by Gasteiger charge is 2.09. The van der Waals surface area contributed by atoms with E-state index in [4.69, 9.17) is 27.4 Å². The molecule has 0 spiro atoms. The summed E-state index contributed by atoms with van der Waals surface area (Å²) in [7, 11) is 1.62. The summed E-state index contributed by atoms with van der Waals surface area (Å²) in [6, 6.07) is 13.7. The molecule has 2 aromatic carbocycles. The maximum Gasteiger partial charge on any atom is 0.184 e. The Morgan fingerprint density at radius 3 is 2.65 bits per heavy atom. The lowest BCUT2D eigenvalue weighted by atomic mass is 10.1. The van der Waals surface area contributed by atoms with E-state index in [0.29, 0.717) is 18.1 Å². The molecule has 0 unspecified atom stereocenters. The summed E-state index contributed by atoms with van der Waals surface area (Å²) in [5, 5.41) is 4.10. The molecular weight excluding hydrogens is 310 g/mol. The van der Waals surface area contributed by atoms with E-state index in [2.05, 4.69) is 10.5 Å². The molecule has 0 amide bonds. The molecule has 0 heterocycles. The maximum atomic E-state index is 5.88. The number of thiocarbonyl (C=S) groups is 1. The SMILES string of the molecule is COc1cc(C)c(C=NNC(N)=S)cc1OCc1ccccc1. The number of nitrogens with two attached hydrogens (primary N) is 1. The van der Waals surface area contributed by atoms with Crippen molar-refractivity contribution in [3.8, 4) is 11.5 Å². The highest BCUT2D eigenvalue weighted by Crippen LogP contribution is 2.30. The first kappa shape index (κ1) is 16.8. The van der Waals surface area contributed by atoms with Crippen LogP contribution in [0, 0.1) is 6.92 Å². The van der Waals surface area contributed by atoms with Crippen LogP contribution in [0.3, 0.4) is 0 Å². The van der Waals surface area contributed by atoms with Gasteiger partial charge in [0.25, 0.3) is 0 Å². The second-order valence-electron chi connectivity index (χ2n) is 4.87. The Balaban J connectivity index is 2.19. The summed E-state index contributed by atoms with van der Waals surface area (Å²) in [6.45, 7) is 2.42. The molecule has 0 aliphatic rings. The average Bonchev–Trinajstić information content (AvgIpc) is 2.55. The molecule has 0 atom stereocenters. The van der Waals surface area contributed by atoms with E-state index in [1.165, 1.54) is 0 Å². The highest BCUT2D eigenvalue weighted by atomic mass is 32.1. The van der Waals surface area contributed by atoms with Crippen molar-refractivity contribution in [3.05, 3.63) is 59.2 Å². The second-order valence-corrected chi connectivity index (χ2v) is 5.31. The molecule has 0 radical (unpaired) electrons. The summed E-state index contributed by atoms with van der Waals surface area (Å²) >= 11 is 4.71. The van der Waals surface area contributed by atoms with Crippen LogP contribution in [0.4, 0.5) is 0 Å². The quantitative estimate of drug-likeness (QED) is 0.484. The number of nitrogens with zero attached hydrogens (tertiary/aromatic N) is 1. The number of hydrazone groups is 1. The van der Waals surface area contributed by atoms with E-state index < -0.39 is 0 Å². The van der Waals surface area contributed by atoms with Gasteiger partial charge < -0.3 is 15.2 Å². The number of benzene rings is 2. The van der Waals surface area contributed by atoms with Crippen molar-refractivity contribution >= 4 is 23.5 Å². The maximum absolute atomic E-state index is 5.88. The standard InChI is InChI=1S/C17H19N3O2S/c1-12-8-15(21-2)16(9-14(12)10-19-20-17(18)23)22-11-13-6-4-3-5-7-13/h3-10H,11H2,1-2H3,(H3,18,20,23). The summed E-state index contributed by atoms with van der Waals surface area (Å²) < 4.78 is 11.3. The number of hydrogen-bond donors (Lipinski definition) is 2. The number of rotatable bonds is 6. The molecule has 6 heteroatoms. The molecule has 5 nitrogen and oxygen atoms in total. The van der Waals surface area contributed by atoms with E-state index >= 15 is 0 Å². The van der Waals surface area contributed by atoms with Crippen molar-refractivity contribution in [2.24, 2.45) is 10.8 Å². The third kappa shape index (κ3) is 4.96. The summed E-state index contributed by atoms with van der Waals surface area (Å²) in [4.78, 5) is 0. The molecule has 0 aliphatic heterocycles. The fourth-order valence-corrected chi connectivity index (χ4v) is 2.04. The van der Waals surface area contributed by atoms with Crippen molar-refractivity contribution in [2.75, 3.05) is 7.11 Å². The van der Waals surface area contributed by atoms with Crippen molar-refractivity contribution in [1.82, 2.24) is 5.43 Å². The predicted octanol–water partition coefficient (Wildman–Crippen LogP) is 2.75. The number of nitrogens with one attached hydrogen (secondary N) is 1. The number of hydrogen-bond acceptors (Lipinski definition) is 4. The van der Waals surface area contributed by atoms with Crippen LogP contribution in [0.5, 0.6) is 11.5 Å². The van der Waals surface area contributed by atoms with Gasteiger partial charge >= 0.3 is 0 Å². The smallest absolute Gasteiger partial charge is 0.184 e. The van der Waals surface area contributed by atoms with Crippen molar-refractivity contribution in [1.29, 1.82) is 0 Å². The zero-order chi connectivity index (χ0) is 16.7. The topological polar surface area (TPSA) is 68.9 Å². The van der Waals surface area contributed by atoms with Gasteiger partial charge in [0.05, 0.1) is 13.3 Å². The van der Waals surface area contributed by atoms with Crippen molar-refractivity contribution in [3.63, 3.8) is 0 Å². The number of aryl methyl sites for hydroxylation is 1. The van der Waals surface area contributed by atoms with Crippen LogP contribution in [0.2, 0.25) is 0 Å². The van der Waals surface area contributed by atoms with Gasteiger partial charge in [-0.1, -0.05) is 30.3 Å². The van der Waals surface area contributed by atoms with Crippen LogP contribution >= 0.6 is 12.2 Å². The van der Waals surface area contributed by atoms with Crippen molar-refractivity contribution in [2.45, 2.75) is 13.5 Å². The molecule has 2 aromatic rings. The molecule has 3 N–H and O–H groups in total. The Labute approximate surface area is 141 Å². The zero-order valence-corrected chi connectivity index (χ0v) is 13.9. The van der Waals surface area contributed by atoms with Gasteiger partial charge in [-0.3, -0.25) is 5.43 Å². The number of methoxy groups -OCH3 is 1. The van der Waals surface area contributed by atoms with Gasteiger partial charge in [-0.05, 0) is 42.4 Å². The molecule has 0 bridgehead atoms. The largest absolute Gasteiger partial charge is 0.493 e. The lowest BCUT2D eigenvalue weighted by molar-refractivity contribution is 0.284. The predicted molar refractivity (Wildman–Crippen MR) is 96.0 cm³/mol.